The highest BCUT2D eigenvalue weighted by atomic mass is 16.6. The monoisotopic (exact) mass is 521 g/mol. The van der Waals surface area contributed by atoms with Gasteiger partial charge in [0.05, 0.1) is 5.54 Å². The van der Waals surface area contributed by atoms with Crippen LogP contribution in [0.4, 0.5) is 0 Å². The van der Waals surface area contributed by atoms with Crippen LogP contribution in [0, 0.1) is 17.3 Å². The number of hydrogen-bond acceptors (Lipinski definition) is 6. The molecular weight excluding hydrogens is 478 g/mol. The molecule has 0 aromatic heterocycles. The molecule has 38 heavy (non-hydrogen) atoms. The highest BCUT2D eigenvalue weighted by molar-refractivity contribution is 5.74. The van der Waals surface area contributed by atoms with E-state index < -0.39 is 11.1 Å². The van der Waals surface area contributed by atoms with E-state index in [0.29, 0.717) is 19.4 Å². The summed E-state index contributed by atoms with van der Waals surface area (Å²) in [5.74, 6) is 5.79. The van der Waals surface area contributed by atoms with E-state index in [2.05, 4.69) is 46.9 Å². The fourth-order valence-electron chi connectivity index (χ4n) is 5.79. The Kier molecular flexibility index (Phi) is 9.81. The number of carbonyl (C=O) groups is 2. The summed E-state index contributed by atoms with van der Waals surface area (Å²) in [4.78, 5) is 23.6. The van der Waals surface area contributed by atoms with E-state index in [1.807, 2.05) is 44.2 Å². The first kappa shape index (κ1) is 29.5. The standard InChI is InChI=1S/C31H43N3O4/c1-23(36)34-30(4)14-7-6-11-27(21-30)32-15-16-33-28-18-26-19-29(3,13-9-17-35)12-8-10-25(26)20-31(5,22-28)38-24(2)37/h6-8,10-11,14,21,28,32-33,35H,12,15-20,22H2,1-5H3,(H,34,36). The second-order valence-electron chi connectivity index (χ2n) is 11.4. The maximum atomic E-state index is 12.0. The summed E-state index contributed by atoms with van der Waals surface area (Å²) in [5, 5.41) is 19.4. The van der Waals surface area contributed by atoms with Crippen LogP contribution in [0.25, 0.3) is 0 Å². The molecule has 0 bridgehead atoms. The second kappa shape index (κ2) is 12.6. The maximum absolute atomic E-state index is 12.0. The number of esters is 1. The van der Waals surface area contributed by atoms with E-state index in [0.717, 1.165) is 31.5 Å². The van der Waals surface area contributed by atoms with Gasteiger partial charge < -0.3 is 25.8 Å². The summed E-state index contributed by atoms with van der Waals surface area (Å²) in [6.45, 7) is 10.4. The number of amides is 1. The first-order valence-electron chi connectivity index (χ1n) is 13.5. The van der Waals surface area contributed by atoms with Crippen LogP contribution in [0.5, 0.6) is 0 Å². The Morgan fingerprint density at radius 1 is 1.13 bits per heavy atom. The minimum atomic E-state index is -0.603. The number of rotatable bonds is 7. The minimum Gasteiger partial charge on any atom is -0.459 e. The van der Waals surface area contributed by atoms with E-state index in [1.165, 1.54) is 25.0 Å². The highest BCUT2D eigenvalue weighted by Crippen LogP contribution is 2.42. The van der Waals surface area contributed by atoms with Crippen molar-refractivity contribution in [2.45, 2.75) is 83.9 Å². The molecular formula is C31H43N3O4. The molecule has 0 aliphatic heterocycles. The number of allylic oxidation sites excluding steroid dienone is 5. The van der Waals surface area contributed by atoms with Gasteiger partial charge >= 0.3 is 5.97 Å². The van der Waals surface area contributed by atoms with Crippen molar-refractivity contribution >= 4 is 11.9 Å². The molecule has 1 amide bonds. The molecule has 0 saturated heterocycles. The Labute approximate surface area is 227 Å². The van der Waals surface area contributed by atoms with Gasteiger partial charge in [0.2, 0.25) is 5.91 Å². The van der Waals surface area contributed by atoms with Crippen molar-refractivity contribution in [1.29, 1.82) is 0 Å². The van der Waals surface area contributed by atoms with E-state index >= 15 is 0 Å². The number of ether oxygens (including phenoxy) is 1. The SMILES string of the molecule is CC(=O)NC1(C)C=CC=CC(NCCNC2CC3=C(C=CCC(C)(C#CCO)C3)CC(C)(OC(C)=O)C2)=C1. The zero-order valence-electron chi connectivity index (χ0n) is 23.4. The molecule has 0 aromatic rings. The van der Waals surface area contributed by atoms with Crippen molar-refractivity contribution in [2.24, 2.45) is 5.41 Å². The zero-order valence-corrected chi connectivity index (χ0v) is 23.4. The normalized spacial score (nSPS) is 30.6. The van der Waals surface area contributed by atoms with Gasteiger partial charge in [0.25, 0.3) is 0 Å². The molecule has 7 heteroatoms. The third-order valence-electron chi connectivity index (χ3n) is 7.16. The van der Waals surface area contributed by atoms with Crippen molar-refractivity contribution in [3.8, 4) is 11.8 Å². The second-order valence-corrected chi connectivity index (χ2v) is 11.4. The van der Waals surface area contributed by atoms with Gasteiger partial charge in [-0.05, 0) is 57.8 Å². The van der Waals surface area contributed by atoms with Gasteiger partial charge in [0.15, 0.2) is 0 Å². The quantitative estimate of drug-likeness (QED) is 0.232. The number of hydrogen-bond donors (Lipinski definition) is 4. The molecule has 0 heterocycles. The Hall–Kier alpha value is -3.08. The van der Waals surface area contributed by atoms with Gasteiger partial charge in [-0.3, -0.25) is 9.59 Å². The van der Waals surface area contributed by atoms with Crippen LogP contribution in [-0.4, -0.2) is 53.9 Å². The number of nitrogens with one attached hydrogen (secondary N) is 3. The van der Waals surface area contributed by atoms with E-state index in [9.17, 15) is 14.7 Å². The lowest BCUT2D eigenvalue weighted by Gasteiger charge is -2.32. The maximum Gasteiger partial charge on any atom is 0.303 e. The third-order valence-corrected chi connectivity index (χ3v) is 7.16. The van der Waals surface area contributed by atoms with Crippen LogP contribution in [0.15, 0.2) is 59.4 Å². The summed E-state index contributed by atoms with van der Waals surface area (Å²) in [6, 6.07) is 0.125. The van der Waals surface area contributed by atoms with Crippen LogP contribution < -0.4 is 16.0 Å². The lowest BCUT2D eigenvalue weighted by Crippen LogP contribution is -2.43. The van der Waals surface area contributed by atoms with Crippen molar-refractivity contribution in [3.05, 3.63) is 59.4 Å². The molecule has 0 radical (unpaired) electrons. The van der Waals surface area contributed by atoms with Crippen molar-refractivity contribution in [1.82, 2.24) is 16.0 Å². The predicted octanol–water partition coefficient (Wildman–Crippen LogP) is 3.59. The predicted molar refractivity (Wildman–Crippen MR) is 151 cm³/mol. The molecule has 4 atom stereocenters. The highest BCUT2D eigenvalue weighted by Gasteiger charge is 2.38. The molecule has 3 aliphatic carbocycles. The van der Waals surface area contributed by atoms with Crippen LogP contribution >= 0.6 is 0 Å². The summed E-state index contributed by atoms with van der Waals surface area (Å²) in [5.41, 5.74) is 2.10. The van der Waals surface area contributed by atoms with Gasteiger partial charge in [-0.2, -0.15) is 0 Å². The Bertz CT molecular complexity index is 1120. The van der Waals surface area contributed by atoms with E-state index in [1.54, 1.807) is 0 Å². The largest absolute Gasteiger partial charge is 0.459 e. The third kappa shape index (κ3) is 8.75. The topological polar surface area (TPSA) is 99.7 Å². The van der Waals surface area contributed by atoms with Crippen LogP contribution in [-0.2, 0) is 14.3 Å². The molecule has 0 fully saturated rings. The number of carbonyl (C=O) groups excluding carboxylic acids is 2. The van der Waals surface area contributed by atoms with Crippen molar-refractivity contribution in [2.75, 3.05) is 19.7 Å². The smallest absolute Gasteiger partial charge is 0.303 e. The summed E-state index contributed by atoms with van der Waals surface area (Å²) in [7, 11) is 0. The molecule has 3 rings (SSSR count). The van der Waals surface area contributed by atoms with Crippen molar-refractivity contribution in [3.63, 3.8) is 0 Å². The van der Waals surface area contributed by atoms with E-state index in [-0.39, 0.29) is 29.9 Å². The summed E-state index contributed by atoms with van der Waals surface area (Å²) < 4.78 is 5.88. The summed E-state index contributed by atoms with van der Waals surface area (Å²) >= 11 is 0. The lowest BCUT2D eigenvalue weighted by molar-refractivity contribution is -0.156. The van der Waals surface area contributed by atoms with Gasteiger partial charge in [0, 0.05) is 56.9 Å². The number of aliphatic hydroxyl groups excluding tert-OH is 1. The van der Waals surface area contributed by atoms with Gasteiger partial charge in [0.1, 0.15) is 12.2 Å². The molecule has 0 spiro atoms. The average molecular weight is 522 g/mol. The summed E-state index contributed by atoms with van der Waals surface area (Å²) in [6.07, 6.45) is 18.1. The average Bonchev–Trinajstić information content (AvgIpc) is 3.13. The lowest BCUT2D eigenvalue weighted by atomic mass is 9.80. The van der Waals surface area contributed by atoms with Crippen LogP contribution in [0.2, 0.25) is 0 Å². The van der Waals surface area contributed by atoms with Gasteiger partial charge in [-0.25, -0.2) is 0 Å². The molecule has 0 aromatic carbocycles. The Balaban J connectivity index is 1.71. The first-order valence-corrected chi connectivity index (χ1v) is 13.5. The Morgan fingerprint density at radius 3 is 2.63 bits per heavy atom. The fraction of sp³-hybridized carbons (Fsp3) is 0.548. The van der Waals surface area contributed by atoms with Crippen LogP contribution in [0.3, 0.4) is 0 Å². The first-order chi connectivity index (χ1) is 17.9. The zero-order chi connectivity index (χ0) is 27.8. The van der Waals surface area contributed by atoms with Gasteiger partial charge in [-0.1, -0.05) is 47.8 Å². The van der Waals surface area contributed by atoms with E-state index in [4.69, 9.17) is 4.74 Å². The van der Waals surface area contributed by atoms with Crippen molar-refractivity contribution < 1.29 is 19.4 Å². The fourth-order valence-corrected chi connectivity index (χ4v) is 5.79. The molecule has 4 N–H and O–H groups in total. The van der Waals surface area contributed by atoms with Gasteiger partial charge in [-0.15, -0.1) is 0 Å². The molecule has 7 nitrogen and oxygen atoms in total. The molecule has 0 saturated carbocycles. The molecule has 4 unspecified atom stereocenters. The molecule has 206 valence electrons. The molecule has 3 aliphatic rings. The van der Waals surface area contributed by atoms with Crippen LogP contribution in [0.1, 0.15) is 66.7 Å². The Morgan fingerprint density at radius 2 is 1.92 bits per heavy atom. The minimum absolute atomic E-state index is 0.0824. The number of aliphatic hydroxyl groups is 1.